The van der Waals surface area contributed by atoms with E-state index < -0.39 is 18.5 Å². The third kappa shape index (κ3) is 7.39. The van der Waals surface area contributed by atoms with Gasteiger partial charge >= 0.3 is 5.97 Å². The van der Waals surface area contributed by atoms with Crippen LogP contribution in [-0.4, -0.2) is 31.4 Å². The Morgan fingerprint density at radius 1 is 1.19 bits per heavy atom. The first-order valence-corrected chi connectivity index (χ1v) is 5.25. The fourth-order valence-electron chi connectivity index (χ4n) is 1.09. The molecule has 0 saturated carbocycles. The Morgan fingerprint density at radius 2 is 1.75 bits per heavy atom. The Balaban J connectivity index is 3.81. The maximum absolute atomic E-state index is 10.8. The molecule has 3 atom stereocenters. The van der Waals surface area contributed by atoms with Gasteiger partial charge in [-0.3, -0.25) is 0 Å². The largest absolute Gasteiger partial charge is 0.433 e. The summed E-state index contributed by atoms with van der Waals surface area (Å²) >= 11 is 0. The van der Waals surface area contributed by atoms with Crippen LogP contribution in [0.1, 0.15) is 27.7 Å². The Kier molecular flexibility index (Phi) is 7.80. The molecule has 0 aromatic rings. The zero-order chi connectivity index (χ0) is 12.6. The summed E-state index contributed by atoms with van der Waals surface area (Å²) in [6, 6.07) is 0. The van der Waals surface area contributed by atoms with Crippen LogP contribution in [0.2, 0.25) is 0 Å². The fraction of sp³-hybridized carbons (Fsp3) is 0.727. The van der Waals surface area contributed by atoms with E-state index in [-0.39, 0.29) is 6.29 Å². The lowest BCUT2D eigenvalue weighted by molar-refractivity contribution is -0.272. The number of ether oxygens (including phenoxy) is 4. The van der Waals surface area contributed by atoms with Gasteiger partial charge < -0.3 is 18.9 Å². The summed E-state index contributed by atoms with van der Waals surface area (Å²) < 4.78 is 20.5. The highest BCUT2D eigenvalue weighted by Gasteiger charge is 2.14. The Labute approximate surface area is 96.3 Å². The number of hydrogen-bond acceptors (Lipinski definition) is 5. The molecule has 94 valence electrons. The van der Waals surface area contributed by atoms with Gasteiger partial charge in [0, 0.05) is 12.7 Å². The summed E-state index contributed by atoms with van der Waals surface area (Å²) in [7, 11) is 0. The summed E-state index contributed by atoms with van der Waals surface area (Å²) in [5, 5.41) is 0. The number of hydrogen-bond donors (Lipinski definition) is 0. The first-order chi connectivity index (χ1) is 7.49. The average molecular weight is 232 g/mol. The third-order valence-electron chi connectivity index (χ3n) is 1.62. The van der Waals surface area contributed by atoms with Crippen molar-refractivity contribution in [2.75, 3.05) is 6.61 Å². The van der Waals surface area contributed by atoms with Gasteiger partial charge in [-0.1, -0.05) is 6.58 Å². The van der Waals surface area contributed by atoms with Gasteiger partial charge in [-0.05, 0) is 27.7 Å². The highest BCUT2D eigenvalue weighted by molar-refractivity contribution is 5.81. The summed E-state index contributed by atoms with van der Waals surface area (Å²) in [5.74, 6) is -0.530. The molecule has 0 bridgehead atoms. The highest BCUT2D eigenvalue weighted by Crippen LogP contribution is 2.05. The van der Waals surface area contributed by atoms with Crippen molar-refractivity contribution in [3.63, 3.8) is 0 Å². The molecule has 0 heterocycles. The van der Waals surface area contributed by atoms with E-state index in [1.807, 2.05) is 6.92 Å². The predicted octanol–water partition coefficient (Wildman–Crippen LogP) is 1.82. The number of carbonyl (C=O) groups excluding carboxylic acids is 1. The molecule has 0 N–H and O–H groups in total. The van der Waals surface area contributed by atoms with Crippen LogP contribution in [0.25, 0.3) is 0 Å². The molecule has 3 unspecified atom stereocenters. The van der Waals surface area contributed by atoms with Gasteiger partial charge in [0.25, 0.3) is 0 Å². The molecule has 5 heteroatoms. The fourth-order valence-corrected chi connectivity index (χ4v) is 1.09. The van der Waals surface area contributed by atoms with E-state index in [1.165, 1.54) is 0 Å². The van der Waals surface area contributed by atoms with Gasteiger partial charge in [0.1, 0.15) is 0 Å². The molecule has 0 aromatic carbocycles. The second-order valence-corrected chi connectivity index (χ2v) is 3.07. The van der Waals surface area contributed by atoms with Gasteiger partial charge in [-0.25, -0.2) is 4.79 Å². The first-order valence-electron chi connectivity index (χ1n) is 5.25. The normalized spacial score (nSPS) is 16.2. The molecule has 5 nitrogen and oxygen atoms in total. The monoisotopic (exact) mass is 232 g/mol. The van der Waals surface area contributed by atoms with E-state index in [9.17, 15) is 4.79 Å². The number of rotatable bonds is 8. The van der Waals surface area contributed by atoms with E-state index >= 15 is 0 Å². The Hall–Kier alpha value is -0.910. The van der Waals surface area contributed by atoms with Gasteiger partial charge in [-0.2, -0.15) is 0 Å². The topological polar surface area (TPSA) is 54.0 Å². The third-order valence-corrected chi connectivity index (χ3v) is 1.62. The van der Waals surface area contributed by atoms with Crippen LogP contribution in [0.5, 0.6) is 0 Å². The van der Waals surface area contributed by atoms with Crippen LogP contribution in [0.15, 0.2) is 12.7 Å². The van der Waals surface area contributed by atoms with Crippen LogP contribution in [0.3, 0.4) is 0 Å². The molecule has 16 heavy (non-hydrogen) atoms. The summed E-state index contributed by atoms with van der Waals surface area (Å²) in [4.78, 5) is 10.8. The molecule has 0 aliphatic rings. The van der Waals surface area contributed by atoms with Gasteiger partial charge in [-0.15, -0.1) is 0 Å². The molecule has 0 rings (SSSR count). The van der Waals surface area contributed by atoms with Crippen LogP contribution >= 0.6 is 0 Å². The van der Waals surface area contributed by atoms with Crippen molar-refractivity contribution < 1.29 is 23.7 Å². The van der Waals surface area contributed by atoms with E-state index in [2.05, 4.69) is 6.58 Å². The van der Waals surface area contributed by atoms with Gasteiger partial charge in [0.2, 0.25) is 6.29 Å². The van der Waals surface area contributed by atoms with Crippen molar-refractivity contribution in [2.45, 2.75) is 46.6 Å². The van der Waals surface area contributed by atoms with E-state index in [1.54, 1.807) is 20.8 Å². The standard InChI is InChI=1S/C11H20O5/c1-6-11(12)16-10(5)15-9(4)14-8(3)13-7-2/h6,8-10H,1,7H2,2-5H3. The van der Waals surface area contributed by atoms with Crippen molar-refractivity contribution in [1.82, 2.24) is 0 Å². The van der Waals surface area contributed by atoms with Crippen molar-refractivity contribution in [1.29, 1.82) is 0 Å². The van der Waals surface area contributed by atoms with Crippen molar-refractivity contribution >= 4 is 5.97 Å². The van der Waals surface area contributed by atoms with Crippen molar-refractivity contribution in [2.24, 2.45) is 0 Å². The Bertz CT molecular complexity index is 216. The predicted molar refractivity (Wildman–Crippen MR) is 58.5 cm³/mol. The minimum atomic E-state index is -0.686. The zero-order valence-electron chi connectivity index (χ0n) is 10.3. The summed E-state index contributed by atoms with van der Waals surface area (Å²) in [6.45, 7) is 10.8. The molecule has 0 aliphatic heterocycles. The summed E-state index contributed by atoms with van der Waals surface area (Å²) in [6.07, 6.45) is -0.486. The van der Waals surface area contributed by atoms with Crippen LogP contribution in [0, 0.1) is 0 Å². The highest BCUT2D eigenvalue weighted by atomic mass is 16.8. The number of esters is 1. The second kappa shape index (κ2) is 8.27. The van der Waals surface area contributed by atoms with Crippen LogP contribution in [0.4, 0.5) is 0 Å². The maximum atomic E-state index is 10.8. The first kappa shape index (κ1) is 15.1. The van der Waals surface area contributed by atoms with Crippen molar-refractivity contribution in [3.8, 4) is 0 Å². The Morgan fingerprint density at radius 3 is 2.25 bits per heavy atom. The zero-order valence-corrected chi connectivity index (χ0v) is 10.3. The SMILES string of the molecule is C=CC(=O)OC(C)OC(C)OC(C)OCC. The van der Waals surface area contributed by atoms with Crippen LogP contribution < -0.4 is 0 Å². The molecule has 0 spiro atoms. The molecular weight excluding hydrogens is 212 g/mol. The minimum Gasteiger partial charge on any atom is -0.433 e. The quantitative estimate of drug-likeness (QED) is 0.363. The molecule has 0 radical (unpaired) electrons. The van der Waals surface area contributed by atoms with E-state index in [0.29, 0.717) is 6.61 Å². The summed E-state index contributed by atoms with van der Waals surface area (Å²) in [5.41, 5.74) is 0. The van der Waals surface area contributed by atoms with Crippen LogP contribution in [-0.2, 0) is 23.7 Å². The lowest BCUT2D eigenvalue weighted by Gasteiger charge is -2.22. The molecule has 0 fully saturated rings. The van der Waals surface area contributed by atoms with E-state index in [0.717, 1.165) is 6.08 Å². The smallest absolute Gasteiger partial charge is 0.332 e. The molecule has 0 amide bonds. The molecular formula is C11H20O5. The minimum absolute atomic E-state index is 0.359. The molecule has 0 aromatic heterocycles. The number of carbonyl (C=O) groups is 1. The second-order valence-electron chi connectivity index (χ2n) is 3.07. The van der Waals surface area contributed by atoms with Crippen molar-refractivity contribution in [3.05, 3.63) is 12.7 Å². The van der Waals surface area contributed by atoms with Gasteiger partial charge in [0.15, 0.2) is 12.6 Å². The van der Waals surface area contributed by atoms with Gasteiger partial charge in [0.05, 0.1) is 0 Å². The van der Waals surface area contributed by atoms with E-state index in [4.69, 9.17) is 18.9 Å². The lowest BCUT2D eigenvalue weighted by Crippen LogP contribution is -2.27. The average Bonchev–Trinajstić information content (AvgIpc) is 2.16. The molecule has 0 saturated heterocycles. The molecule has 0 aliphatic carbocycles. The lowest BCUT2D eigenvalue weighted by atomic mass is 10.6. The maximum Gasteiger partial charge on any atom is 0.332 e.